The first-order valence-corrected chi connectivity index (χ1v) is 8.89. The van der Waals surface area contributed by atoms with E-state index >= 15 is 0 Å². The monoisotopic (exact) mass is 341 g/mol. The van der Waals surface area contributed by atoms with Crippen molar-refractivity contribution in [3.8, 4) is 0 Å². The Bertz CT molecular complexity index is 669. The van der Waals surface area contributed by atoms with Gasteiger partial charge in [-0.2, -0.15) is 0 Å². The zero-order valence-electron chi connectivity index (χ0n) is 15.2. The van der Waals surface area contributed by atoms with Crippen molar-refractivity contribution in [3.63, 3.8) is 0 Å². The molecule has 1 amide bonds. The Hall–Kier alpha value is -2.07. The molecule has 0 radical (unpaired) electrons. The first kappa shape index (κ1) is 17.7. The molecule has 1 aliphatic carbocycles. The molecule has 4 heteroatoms. The standard InChI is InChI=1S/C21H27NO3/c1-5-18-19-14(2)11-15(3)21(12-24-18,16(19)4)13-25-20(23)22-17-9-7-6-8-10-17/h5-11,15-16,18-19H,1,12-13H2,2-4H3,(H,22,23)/t15?,16-,18?,19?,21+/m0/s1. The van der Waals surface area contributed by atoms with Gasteiger partial charge in [0.2, 0.25) is 0 Å². The summed E-state index contributed by atoms with van der Waals surface area (Å²) < 4.78 is 11.7. The Labute approximate surface area is 149 Å². The zero-order valence-corrected chi connectivity index (χ0v) is 15.2. The number of anilines is 1. The van der Waals surface area contributed by atoms with Gasteiger partial charge < -0.3 is 9.47 Å². The summed E-state index contributed by atoms with van der Waals surface area (Å²) in [6, 6.07) is 9.34. The number of carbonyl (C=O) groups is 1. The van der Waals surface area contributed by atoms with Crippen molar-refractivity contribution >= 4 is 11.8 Å². The van der Waals surface area contributed by atoms with Crippen LogP contribution >= 0.6 is 0 Å². The van der Waals surface area contributed by atoms with E-state index in [2.05, 4.69) is 38.7 Å². The number of benzene rings is 1. The highest BCUT2D eigenvalue weighted by molar-refractivity contribution is 5.84. The maximum atomic E-state index is 12.2. The smallest absolute Gasteiger partial charge is 0.411 e. The van der Waals surface area contributed by atoms with Crippen LogP contribution in [0, 0.1) is 23.2 Å². The van der Waals surface area contributed by atoms with E-state index in [0.29, 0.717) is 25.0 Å². The molecule has 134 valence electrons. The number of fused-ring (bicyclic) bond motifs is 2. The lowest BCUT2D eigenvalue weighted by atomic mass is 9.56. The molecule has 1 aromatic carbocycles. The molecule has 1 saturated heterocycles. The minimum Gasteiger partial charge on any atom is -0.449 e. The lowest BCUT2D eigenvalue weighted by molar-refractivity contribution is -0.148. The van der Waals surface area contributed by atoms with E-state index in [4.69, 9.17) is 9.47 Å². The van der Waals surface area contributed by atoms with Gasteiger partial charge in [-0.3, -0.25) is 5.32 Å². The van der Waals surface area contributed by atoms with Gasteiger partial charge in [0.15, 0.2) is 0 Å². The molecule has 3 unspecified atom stereocenters. The fraction of sp³-hybridized carbons (Fsp3) is 0.476. The second-order valence-corrected chi connectivity index (χ2v) is 7.33. The van der Waals surface area contributed by atoms with Crippen LogP contribution in [0.1, 0.15) is 20.8 Å². The summed E-state index contributed by atoms with van der Waals surface area (Å²) in [5.41, 5.74) is 1.88. The van der Waals surface area contributed by atoms with Crippen molar-refractivity contribution < 1.29 is 14.3 Å². The van der Waals surface area contributed by atoms with E-state index in [-0.39, 0.29) is 17.4 Å². The number of rotatable bonds is 4. The third-order valence-corrected chi connectivity index (χ3v) is 6.01. The largest absolute Gasteiger partial charge is 0.449 e. The quantitative estimate of drug-likeness (QED) is 0.811. The van der Waals surface area contributed by atoms with Crippen LogP contribution in [0.25, 0.3) is 0 Å². The van der Waals surface area contributed by atoms with Gasteiger partial charge in [-0.25, -0.2) is 4.79 Å². The Kier molecular flexibility index (Phi) is 5.00. The number of amides is 1. The number of nitrogens with one attached hydrogen (secondary N) is 1. The van der Waals surface area contributed by atoms with Gasteiger partial charge in [0.1, 0.15) is 6.61 Å². The SMILES string of the molecule is C=CC1OC[C@@]2(COC(=O)Nc3ccccc3)C(C)C=C(C)C1[C@@H]2C. The average molecular weight is 341 g/mol. The zero-order chi connectivity index (χ0) is 18.0. The Morgan fingerprint density at radius 2 is 2.12 bits per heavy atom. The van der Waals surface area contributed by atoms with Crippen LogP contribution in [0.15, 0.2) is 54.6 Å². The van der Waals surface area contributed by atoms with Crippen molar-refractivity contribution in [2.75, 3.05) is 18.5 Å². The highest BCUT2D eigenvalue weighted by atomic mass is 16.6. The number of hydrogen-bond donors (Lipinski definition) is 1. The van der Waals surface area contributed by atoms with E-state index in [9.17, 15) is 4.79 Å². The predicted molar refractivity (Wildman–Crippen MR) is 99.4 cm³/mol. The van der Waals surface area contributed by atoms with E-state index in [1.807, 2.05) is 36.4 Å². The number of allylic oxidation sites excluding steroid dienone is 1. The van der Waals surface area contributed by atoms with Crippen molar-refractivity contribution in [2.24, 2.45) is 23.2 Å². The van der Waals surface area contributed by atoms with Gasteiger partial charge in [-0.1, -0.05) is 49.8 Å². The van der Waals surface area contributed by atoms with Gasteiger partial charge in [-0.05, 0) is 30.9 Å². The van der Waals surface area contributed by atoms with Crippen LogP contribution in [-0.2, 0) is 9.47 Å². The van der Waals surface area contributed by atoms with E-state index in [1.54, 1.807) is 0 Å². The number of carbonyl (C=O) groups excluding carboxylic acids is 1. The minimum atomic E-state index is -0.423. The van der Waals surface area contributed by atoms with Crippen molar-refractivity contribution in [1.29, 1.82) is 0 Å². The van der Waals surface area contributed by atoms with Gasteiger partial charge in [0.25, 0.3) is 0 Å². The lowest BCUT2D eigenvalue weighted by Crippen LogP contribution is -2.56. The van der Waals surface area contributed by atoms with Crippen molar-refractivity contribution in [1.82, 2.24) is 0 Å². The van der Waals surface area contributed by atoms with Gasteiger partial charge >= 0.3 is 6.09 Å². The molecule has 4 nitrogen and oxygen atoms in total. The molecule has 0 aromatic heterocycles. The molecule has 1 heterocycles. The third kappa shape index (κ3) is 3.23. The fourth-order valence-electron chi connectivity index (χ4n) is 4.39. The molecule has 3 rings (SSSR count). The molecule has 0 saturated carbocycles. The first-order chi connectivity index (χ1) is 12.0. The van der Waals surface area contributed by atoms with Crippen LogP contribution in [0.2, 0.25) is 0 Å². The van der Waals surface area contributed by atoms with Gasteiger partial charge in [-0.15, -0.1) is 6.58 Å². The van der Waals surface area contributed by atoms with Gasteiger partial charge in [0.05, 0.1) is 12.7 Å². The summed E-state index contributed by atoms with van der Waals surface area (Å²) in [4.78, 5) is 12.2. The predicted octanol–water partition coefficient (Wildman–Crippen LogP) is 4.65. The molecule has 1 aliphatic heterocycles. The normalized spacial score (nSPS) is 34.0. The molecule has 25 heavy (non-hydrogen) atoms. The third-order valence-electron chi connectivity index (χ3n) is 6.01. The number of para-hydroxylation sites is 1. The van der Waals surface area contributed by atoms with Crippen LogP contribution in [0.4, 0.5) is 10.5 Å². The fourth-order valence-corrected chi connectivity index (χ4v) is 4.39. The van der Waals surface area contributed by atoms with E-state index < -0.39 is 6.09 Å². The van der Waals surface area contributed by atoms with Gasteiger partial charge in [0, 0.05) is 17.0 Å². The maximum absolute atomic E-state index is 12.2. The van der Waals surface area contributed by atoms with Crippen molar-refractivity contribution in [3.05, 3.63) is 54.6 Å². The van der Waals surface area contributed by atoms with E-state index in [1.165, 1.54) is 5.57 Å². The summed E-state index contributed by atoms with van der Waals surface area (Å²) in [5, 5.41) is 2.78. The molecule has 1 fully saturated rings. The molecular formula is C21H27NO3. The summed E-state index contributed by atoms with van der Waals surface area (Å²) in [5.74, 6) is 0.936. The first-order valence-electron chi connectivity index (χ1n) is 8.89. The van der Waals surface area contributed by atoms with E-state index in [0.717, 1.165) is 5.69 Å². The topological polar surface area (TPSA) is 47.6 Å². The maximum Gasteiger partial charge on any atom is 0.411 e. The summed E-state index contributed by atoms with van der Waals surface area (Å²) in [7, 11) is 0. The molecule has 1 aromatic rings. The van der Waals surface area contributed by atoms with Crippen molar-refractivity contribution in [2.45, 2.75) is 26.9 Å². The second-order valence-electron chi connectivity index (χ2n) is 7.33. The minimum absolute atomic E-state index is 0.0324. The second kappa shape index (κ2) is 7.04. The highest BCUT2D eigenvalue weighted by Gasteiger charge is 2.53. The Morgan fingerprint density at radius 1 is 1.40 bits per heavy atom. The number of hydrogen-bond acceptors (Lipinski definition) is 3. The number of ether oxygens (including phenoxy) is 2. The molecular weight excluding hydrogens is 314 g/mol. The molecule has 2 bridgehead atoms. The molecule has 1 N–H and O–H groups in total. The summed E-state index contributed by atoms with van der Waals surface area (Å²) >= 11 is 0. The van der Waals surface area contributed by atoms with Crippen LogP contribution < -0.4 is 5.32 Å². The summed E-state index contributed by atoms with van der Waals surface area (Å²) in [6.45, 7) is 11.4. The van der Waals surface area contributed by atoms with Crippen LogP contribution in [0.3, 0.4) is 0 Å². The van der Waals surface area contributed by atoms with Crippen LogP contribution in [-0.4, -0.2) is 25.4 Å². The van der Waals surface area contributed by atoms with Crippen LogP contribution in [0.5, 0.6) is 0 Å². The average Bonchev–Trinajstić information content (AvgIpc) is 2.59. The highest BCUT2D eigenvalue weighted by Crippen LogP contribution is 2.52. The molecule has 5 atom stereocenters. The molecule has 2 aliphatic rings. The molecule has 0 spiro atoms. The Balaban J connectivity index is 1.72. The lowest BCUT2D eigenvalue weighted by Gasteiger charge is -2.54. The summed E-state index contributed by atoms with van der Waals surface area (Å²) in [6.07, 6.45) is 3.81. The Morgan fingerprint density at radius 3 is 2.80 bits per heavy atom.